The summed E-state index contributed by atoms with van der Waals surface area (Å²) in [6.07, 6.45) is 1.38. The number of phenols is 1. The third-order valence-electron chi connectivity index (χ3n) is 4.13. The van der Waals surface area contributed by atoms with Gasteiger partial charge in [0.25, 0.3) is 0 Å². The maximum Gasteiger partial charge on any atom is 0.250 e. The first kappa shape index (κ1) is 19.7. The van der Waals surface area contributed by atoms with Gasteiger partial charge >= 0.3 is 0 Å². The first-order valence-electron chi connectivity index (χ1n) is 8.67. The molecule has 0 bridgehead atoms. The molecule has 0 unspecified atom stereocenters. The Bertz CT molecular complexity index is 1050. The highest BCUT2D eigenvalue weighted by atomic mass is 32.2. The molecule has 2 N–H and O–H groups in total. The Balaban J connectivity index is 1.65. The third kappa shape index (κ3) is 4.43. The first-order chi connectivity index (χ1) is 13.5. The number of hydrazone groups is 1. The number of carbonyl (C=O) groups excluding carboxylic acids is 1. The van der Waals surface area contributed by atoms with Crippen LogP contribution in [-0.4, -0.2) is 35.1 Å². The highest BCUT2D eigenvalue weighted by Gasteiger charge is 2.09. The number of amides is 1. The summed E-state index contributed by atoms with van der Waals surface area (Å²) in [4.78, 5) is 17.8. The lowest BCUT2D eigenvalue weighted by Gasteiger charge is -2.09. The Morgan fingerprint density at radius 3 is 2.86 bits per heavy atom. The Hall–Kier alpha value is -3.06. The standard InChI is InChI=1S/C21H21N3O3S/c1-13-6-4-8-16-18(10-14(2)23-20(13)16)28-12-19(25)24-22-11-15-7-5-9-17(27-3)21(15)26/h4-11,26H,12H2,1-3H3,(H,24,25). The van der Waals surface area contributed by atoms with Crippen molar-refractivity contribution in [1.82, 2.24) is 10.4 Å². The largest absolute Gasteiger partial charge is 0.504 e. The van der Waals surface area contributed by atoms with Gasteiger partial charge in [0, 0.05) is 21.5 Å². The smallest absolute Gasteiger partial charge is 0.250 e. The van der Waals surface area contributed by atoms with E-state index in [2.05, 4.69) is 15.5 Å². The molecule has 2 aromatic carbocycles. The van der Waals surface area contributed by atoms with Crippen molar-refractivity contribution in [3.63, 3.8) is 0 Å². The van der Waals surface area contributed by atoms with Gasteiger partial charge in [0.1, 0.15) is 0 Å². The predicted molar refractivity (Wildman–Crippen MR) is 112 cm³/mol. The number of aromatic hydroxyl groups is 1. The maximum absolute atomic E-state index is 12.2. The minimum absolute atomic E-state index is 0.0218. The molecule has 28 heavy (non-hydrogen) atoms. The van der Waals surface area contributed by atoms with E-state index in [0.717, 1.165) is 27.1 Å². The number of methoxy groups -OCH3 is 1. The molecule has 1 amide bonds. The number of nitrogens with zero attached hydrogens (tertiary/aromatic N) is 2. The molecule has 1 heterocycles. The topological polar surface area (TPSA) is 83.8 Å². The van der Waals surface area contributed by atoms with Gasteiger partial charge in [-0.25, -0.2) is 5.43 Å². The number of nitrogens with one attached hydrogen (secondary N) is 1. The summed E-state index contributed by atoms with van der Waals surface area (Å²) in [5, 5.41) is 15.0. The van der Waals surface area contributed by atoms with Crippen molar-refractivity contribution >= 4 is 34.8 Å². The van der Waals surface area contributed by atoms with Gasteiger partial charge in [0.2, 0.25) is 5.91 Å². The molecule has 0 spiro atoms. The van der Waals surface area contributed by atoms with E-state index in [1.165, 1.54) is 25.1 Å². The average molecular weight is 395 g/mol. The number of pyridine rings is 1. The van der Waals surface area contributed by atoms with E-state index in [1.807, 2.05) is 38.1 Å². The van der Waals surface area contributed by atoms with E-state index in [9.17, 15) is 9.90 Å². The fourth-order valence-corrected chi connectivity index (χ4v) is 3.68. The highest BCUT2D eigenvalue weighted by Crippen LogP contribution is 2.29. The van der Waals surface area contributed by atoms with E-state index >= 15 is 0 Å². The number of benzene rings is 2. The molecule has 3 rings (SSSR count). The number of aromatic nitrogens is 1. The molecular formula is C21H21N3O3S. The van der Waals surface area contributed by atoms with Gasteiger partial charge in [-0.1, -0.05) is 24.3 Å². The van der Waals surface area contributed by atoms with Crippen molar-refractivity contribution in [3.05, 3.63) is 59.3 Å². The lowest BCUT2D eigenvalue weighted by Crippen LogP contribution is -2.19. The van der Waals surface area contributed by atoms with Crippen LogP contribution in [0.5, 0.6) is 11.5 Å². The van der Waals surface area contributed by atoms with Crippen LogP contribution in [0.25, 0.3) is 10.9 Å². The molecule has 0 atom stereocenters. The molecule has 6 nitrogen and oxygen atoms in total. The zero-order valence-corrected chi connectivity index (χ0v) is 16.7. The molecule has 0 radical (unpaired) electrons. The molecule has 0 aliphatic heterocycles. The van der Waals surface area contributed by atoms with Gasteiger partial charge in [0.05, 0.1) is 24.6 Å². The summed E-state index contributed by atoms with van der Waals surface area (Å²) in [6.45, 7) is 3.97. The number of rotatable bonds is 6. The monoisotopic (exact) mass is 395 g/mol. The van der Waals surface area contributed by atoms with Crippen molar-refractivity contribution in [2.45, 2.75) is 18.7 Å². The van der Waals surface area contributed by atoms with Gasteiger partial charge in [-0.3, -0.25) is 9.78 Å². The Morgan fingerprint density at radius 2 is 2.07 bits per heavy atom. The van der Waals surface area contributed by atoms with Gasteiger partial charge in [-0.05, 0) is 37.6 Å². The van der Waals surface area contributed by atoms with Gasteiger partial charge in [-0.15, -0.1) is 11.8 Å². The Morgan fingerprint density at radius 1 is 1.29 bits per heavy atom. The van der Waals surface area contributed by atoms with E-state index in [-0.39, 0.29) is 17.4 Å². The molecule has 0 aliphatic carbocycles. The van der Waals surface area contributed by atoms with Crippen molar-refractivity contribution < 1.29 is 14.6 Å². The van der Waals surface area contributed by atoms with Crippen LogP contribution in [0.2, 0.25) is 0 Å². The highest BCUT2D eigenvalue weighted by molar-refractivity contribution is 8.00. The predicted octanol–water partition coefficient (Wildman–Crippen LogP) is 3.81. The number of hydrogen-bond donors (Lipinski definition) is 2. The second kappa shape index (κ2) is 8.75. The molecule has 7 heteroatoms. The van der Waals surface area contributed by atoms with E-state index in [0.29, 0.717) is 11.3 Å². The number of carbonyl (C=O) groups is 1. The normalized spacial score (nSPS) is 11.1. The quantitative estimate of drug-likeness (QED) is 0.377. The van der Waals surface area contributed by atoms with Crippen LogP contribution in [0.15, 0.2) is 52.5 Å². The van der Waals surface area contributed by atoms with Crippen LogP contribution >= 0.6 is 11.8 Å². The summed E-state index contributed by atoms with van der Waals surface area (Å²) in [5.41, 5.74) is 5.91. The molecule has 144 valence electrons. The maximum atomic E-state index is 12.2. The number of phenolic OH excluding ortho intramolecular Hbond substituents is 1. The molecule has 0 saturated carbocycles. The van der Waals surface area contributed by atoms with Crippen LogP contribution in [0.3, 0.4) is 0 Å². The summed E-state index contributed by atoms with van der Waals surface area (Å²) >= 11 is 1.44. The van der Waals surface area contributed by atoms with Crippen LogP contribution in [0.1, 0.15) is 16.8 Å². The molecule has 0 saturated heterocycles. The number of thioether (sulfide) groups is 1. The number of para-hydroxylation sites is 2. The number of ether oxygens (including phenoxy) is 1. The minimum atomic E-state index is -0.237. The van der Waals surface area contributed by atoms with E-state index in [4.69, 9.17) is 4.74 Å². The van der Waals surface area contributed by atoms with Gasteiger partial charge < -0.3 is 9.84 Å². The molecule has 3 aromatic rings. The van der Waals surface area contributed by atoms with Crippen molar-refractivity contribution in [1.29, 1.82) is 0 Å². The summed E-state index contributed by atoms with van der Waals surface area (Å²) < 4.78 is 5.05. The molecule has 1 aromatic heterocycles. The summed E-state index contributed by atoms with van der Waals surface area (Å²) in [6, 6.07) is 13.1. The fourth-order valence-electron chi connectivity index (χ4n) is 2.76. The molecular weight excluding hydrogens is 374 g/mol. The lowest BCUT2D eigenvalue weighted by molar-refractivity contribution is -0.118. The summed E-state index contributed by atoms with van der Waals surface area (Å²) in [5.74, 6) is 0.305. The second-order valence-electron chi connectivity index (χ2n) is 6.21. The van der Waals surface area contributed by atoms with Crippen LogP contribution < -0.4 is 10.2 Å². The molecule has 0 fully saturated rings. The Kier molecular flexibility index (Phi) is 6.16. The number of hydrogen-bond acceptors (Lipinski definition) is 6. The first-order valence-corrected chi connectivity index (χ1v) is 9.66. The van der Waals surface area contributed by atoms with Gasteiger partial charge in [-0.2, -0.15) is 5.10 Å². The number of fused-ring (bicyclic) bond motifs is 1. The van der Waals surface area contributed by atoms with Crippen molar-refractivity contribution in [2.75, 3.05) is 12.9 Å². The van der Waals surface area contributed by atoms with E-state index < -0.39 is 0 Å². The third-order valence-corrected chi connectivity index (χ3v) is 5.19. The lowest BCUT2D eigenvalue weighted by atomic mass is 10.1. The summed E-state index contributed by atoms with van der Waals surface area (Å²) in [7, 11) is 1.47. The van der Waals surface area contributed by atoms with Crippen LogP contribution in [0.4, 0.5) is 0 Å². The Labute approximate surface area is 167 Å². The van der Waals surface area contributed by atoms with E-state index in [1.54, 1.807) is 18.2 Å². The molecule has 0 aliphatic rings. The fraction of sp³-hybridized carbons (Fsp3) is 0.190. The van der Waals surface area contributed by atoms with Gasteiger partial charge in [0.15, 0.2) is 11.5 Å². The van der Waals surface area contributed by atoms with Crippen LogP contribution in [0, 0.1) is 13.8 Å². The SMILES string of the molecule is COc1cccc(C=NNC(=O)CSc2cc(C)nc3c(C)cccc23)c1O. The van der Waals surface area contributed by atoms with Crippen LogP contribution in [-0.2, 0) is 4.79 Å². The average Bonchev–Trinajstić information content (AvgIpc) is 2.68. The van der Waals surface area contributed by atoms with Crippen molar-refractivity contribution in [3.8, 4) is 11.5 Å². The second-order valence-corrected chi connectivity index (χ2v) is 7.23. The minimum Gasteiger partial charge on any atom is -0.504 e. The zero-order chi connectivity index (χ0) is 20.1. The van der Waals surface area contributed by atoms with Crippen molar-refractivity contribution in [2.24, 2.45) is 5.10 Å². The number of aryl methyl sites for hydroxylation is 2. The zero-order valence-electron chi connectivity index (χ0n) is 15.9.